The van der Waals surface area contributed by atoms with Crippen LogP contribution >= 0.6 is 11.3 Å². The van der Waals surface area contributed by atoms with Gasteiger partial charge in [-0.3, -0.25) is 10.00 Å². The predicted molar refractivity (Wildman–Crippen MR) is 142 cm³/mol. The Morgan fingerprint density at radius 3 is 2.75 bits per heavy atom. The van der Waals surface area contributed by atoms with Crippen molar-refractivity contribution < 1.29 is 9.47 Å². The van der Waals surface area contributed by atoms with Crippen molar-refractivity contribution in [3.8, 4) is 27.7 Å². The first-order valence-corrected chi connectivity index (χ1v) is 13.1. The van der Waals surface area contributed by atoms with Crippen LogP contribution < -0.4 is 9.64 Å². The third kappa shape index (κ3) is 4.46. The fourth-order valence-corrected chi connectivity index (χ4v) is 6.04. The van der Waals surface area contributed by atoms with Crippen molar-refractivity contribution in [2.75, 3.05) is 45.4 Å². The lowest BCUT2D eigenvalue weighted by Gasteiger charge is -2.44. The standard InChI is InChI=1S/C25H34N8O2S/c1-15(2)21-22(18-9-19(35-6)24-27-14-28-33(24)13-18)29-30-23(21)25-26-10-20(36-25)32-12-16(3)31(7-8-34-5)11-17(32)4/h9-10,13-17H,7-8,11-12H2,1-6H3,(H,29,30)/t16-,17+/m0/s1. The quantitative estimate of drug-likeness (QED) is 0.381. The maximum Gasteiger partial charge on any atom is 0.197 e. The first-order valence-electron chi connectivity index (χ1n) is 12.3. The minimum atomic E-state index is 0.238. The van der Waals surface area contributed by atoms with Gasteiger partial charge in [0.05, 0.1) is 25.6 Å². The lowest BCUT2D eigenvalue weighted by Crippen LogP contribution is -2.57. The number of piperazine rings is 1. The second kappa shape index (κ2) is 10.2. The largest absolute Gasteiger partial charge is 0.493 e. The Morgan fingerprint density at radius 1 is 1.17 bits per heavy atom. The number of aromatic nitrogens is 6. The van der Waals surface area contributed by atoms with Gasteiger partial charge in [-0.05, 0) is 25.8 Å². The number of hydrogen-bond acceptors (Lipinski definition) is 9. The van der Waals surface area contributed by atoms with Crippen LogP contribution in [0.4, 0.5) is 5.00 Å². The number of rotatable bonds is 8. The SMILES string of the molecule is COCCN1C[C@@H](C)N(c2cnc(-c3n[nH]c(-c4cc(OC)c5ncnn5c4)c3C(C)C)s2)C[C@@H]1C. The first-order chi connectivity index (χ1) is 17.4. The highest BCUT2D eigenvalue weighted by molar-refractivity contribution is 7.18. The summed E-state index contributed by atoms with van der Waals surface area (Å²) in [5.41, 5.74) is 4.60. The maximum absolute atomic E-state index is 5.57. The average molecular weight is 511 g/mol. The minimum Gasteiger partial charge on any atom is -0.493 e. The maximum atomic E-state index is 5.57. The first kappa shape index (κ1) is 24.7. The van der Waals surface area contributed by atoms with Crippen molar-refractivity contribution in [2.24, 2.45) is 0 Å². The molecular weight excluding hydrogens is 476 g/mol. The van der Waals surface area contributed by atoms with Crippen LogP contribution in [0.3, 0.4) is 0 Å². The molecule has 2 atom stereocenters. The summed E-state index contributed by atoms with van der Waals surface area (Å²) >= 11 is 1.71. The van der Waals surface area contributed by atoms with Crippen molar-refractivity contribution in [2.45, 2.75) is 45.7 Å². The third-order valence-electron chi connectivity index (χ3n) is 6.91. The fourth-order valence-electron chi connectivity index (χ4n) is 5.01. The van der Waals surface area contributed by atoms with Crippen LogP contribution in [0.5, 0.6) is 5.75 Å². The average Bonchev–Trinajstić information content (AvgIpc) is 3.62. The van der Waals surface area contributed by atoms with Gasteiger partial charge in [-0.2, -0.15) is 10.2 Å². The molecule has 5 rings (SSSR count). The zero-order valence-corrected chi connectivity index (χ0v) is 22.5. The van der Waals surface area contributed by atoms with Crippen molar-refractivity contribution in [1.82, 2.24) is 34.7 Å². The number of anilines is 1. The van der Waals surface area contributed by atoms with Crippen molar-refractivity contribution >= 4 is 22.0 Å². The summed E-state index contributed by atoms with van der Waals surface area (Å²) < 4.78 is 12.6. The Morgan fingerprint density at radius 2 is 2.00 bits per heavy atom. The predicted octanol–water partition coefficient (Wildman–Crippen LogP) is 3.92. The number of fused-ring (bicyclic) bond motifs is 1. The van der Waals surface area contributed by atoms with Crippen LogP contribution in [-0.4, -0.2) is 87.2 Å². The van der Waals surface area contributed by atoms with Crippen molar-refractivity contribution in [3.05, 3.63) is 30.4 Å². The molecule has 4 aromatic rings. The van der Waals surface area contributed by atoms with Gasteiger partial charge in [-0.25, -0.2) is 14.5 Å². The minimum absolute atomic E-state index is 0.238. The molecular formula is C25H34N8O2S. The monoisotopic (exact) mass is 510 g/mol. The number of ether oxygens (including phenoxy) is 2. The van der Waals surface area contributed by atoms with Crippen LogP contribution in [0.2, 0.25) is 0 Å². The van der Waals surface area contributed by atoms with Crippen LogP contribution in [0, 0.1) is 0 Å². The molecule has 5 heterocycles. The molecule has 0 radical (unpaired) electrons. The summed E-state index contributed by atoms with van der Waals surface area (Å²) in [5, 5.41) is 14.4. The molecule has 11 heteroatoms. The van der Waals surface area contributed by atoms with E-state index in [2.05, 4.69) is 52.7 Å². The Kier molecular flexibility index (Phi) is 6.96. The van der Waals surface area contributed by atoms with Gasteiger partial charge in [0.15, 0.2) is 11.4 Å². The van der Waals surface area contributed by atoms with Gasteiger partial charge in [-0.1, -0.05) is 25.2 Å². The van der Waals surface area contributed by atoms with Crippen LogP contribution in [0.15, 0.2) is 24.8 Å². The molecule has 0 bridgehead atoms. The van der Waals surface area contributed by atoms with E-state index in [1.165, 1.54) is 11.3 Å². The number of nitrogens with one attached hydrogen (secondary N) is 1. The number of aromatic amines is 1. The van der Waals surface area contributed by atoms with E-state index in [9.17, 15) is 0 Å². The zero-order chi connectivity index (χ0) is 25.4. The summed E-state index contributed by atoms with van der Waals surface area (Å²) in [6.07, 6.45) is 5.48. The molecule has 36 heavy (non-hydrogen) atoms. The molecule has 0 spiro atoms. The fraction of sp³-hybridized carbons (Fsp3) is 0.520. The van der Waals surface area contributed by atoms with E-state index in [1.807, 2.05) is 18.5 Å². The molecule has 10 nitrogen and oxygen atoms in total. The molecule has 1 N–H and O–H groups in total. The summed E-state index contributed by atoms with van der Waals surface area (Å²) in [6.45, 7) is 12.6. The lowest BCUT2D eigenvalue weighted by atomic mass is 9.97. The molecule has 0 aromatic carbocycles. The van der Waals surface area contributed by atoms with E-state index in [4.69, 9.17) is 19.6 Å². The summed E-state index contributed by atoms with van der Waals surface area (Å²) in [6, 6.07) is 2.83. The number of methoxy groups -OCH3 is 2. The highest BCUT2D eigenvalue weighted by Gasteiger charge is 2.31. The molecule has 1 aliphatic heterocycles. The van der Waals surface area contributed by atoms with Crippen LogP contribution in [0.1, 0.15) is 39.2 Å². The van der Waals surface area contributed by atoms with E-state index in [1.54, 1.807) is 30.1 Å². The summed E-state index contributed by atoms with van der Waals surface area (Å²) in [4.78, 5) is 14.1. The second-order valence-electron chi connectivity index (χ2n) is 9.68. The molecule has 1 saturated heterocycles. The van der Waals surface area contributed by atoms with Crippen LogP contribution in [-0.2, 0) is 4.74 Å². The van der Waals surface area contributed by atoms with E-state index in [0.717, 1.165) is 53.8 Å². The Bertz CT molecular complexity index is 1330. The normalized spacial score (nSPS) is 19.0. The molecule has 0 amide bonds. The molecule has 1 fully saturated rings. The van der Waals surface area contributed by atoms with Gasteiger partial charge in [0, 0.05) is 56.2 Å². The molecule has 4 aromatic heterocycles. The van der Waals surface area contributed by atoms with E-state index in [0.29, 0.717) is 23.5 Å². The Balaban J connectivity index is 1.46. The molecule has 0 aliphatic carbocycles. The van der Waals surface area contributed by atoms with Crippen LogP contribution in [0.25, 0.3) is 27.6 Å². The van der Waals surface area contributed by atoms with Gasteiger partial charge in [0.25, 0.3) is 0 Å². The molecule has 192 valence electrons. The van der Waals surface area contributed by atoms with Gasteiger partial charge in [0.2, 0.25) is 0 Å². The lowest BCUT2D eigenvalue weighted by molar-refractivity contribution is 0.107. The highest BCUT2D eigenvalue weighted by atomic mass is 32.1. The Labute approximate surface area is 215 Å². The van der Waals surface area contributed by atoms with Gasteiger partial charge < -0.3 is 14.4 Å². The van der Waals surface area contributed by atoms with Gasteiger partial charge in [0.1, 0.15) is 22.0 Å². The van der Waals surface area contributed by atoms with E-state index >= 15 is 0 Å². The Hall–Kier alpha value is -3.02. The second-order valence-corrected chi connectivity index (χ2v) is 10.7. The highest BCUT2D eigenvalue weighted by Crippen LogP contribution is 2.40. The number of hydrogen-bond donors (Lipinski definition) is 1. The van der Waals surface area contributed by atoms with E-state index in [-0.39, 0.29) is 5.92 Å². The third-order valence-corrected chi connectivity index (χ3v) is 7.95. The molecule has 0 saturated carbocycles. The van der Waals surface area contributed by atoms with Gasteiger partial charge >= 0.3 is 0 Å². The molecule has 0 unspecified atom stereocenters. The van der Waals surface area contributed by atoms with Crippen molar-refractivity contribution in [1.29, 1.82) is 0 Å². The molecule has 1 aliphatic rings. The number of pyridine rings is 1. The van der Waals surface area contributed by atoms with Gasteiger partial charge in [-0.15, -0.1) is 0 Å². The number of nitrogens with zero attached hydrogens (tertiary/aromatic N) is 7. The topological polar surface area (TPSA) is 96.7 Å². The van der Waals surface area contributed by atoms with Crippen molar-refractivity contribution in [3.63, 3.8) is 0 Å². The number of H-pyrrole nitrogens is 1. The summed E-state index contributed by atoms with van der Waals surface area (Å²) in [7, 11) is 3.41. The van der Waals surface area contributed by atoms with E-state index < -0.39 is 0 Å². The smallest absolute Gasteiger partial charge is 0.197 e. The summed E-state index contributed by atoms with van der Waals surface area (Å²) in [5.74, 6) is 0.905. The zero-order valence-electron chi connectivity index (χ0n) is 21.7. The number of thiazole rings is 1.